The molecule has 1 aromatic heterocycles. The van der Waals surface area contributed by atoms with Gasteiger partial charge < -0.3 is 0 Å². The second-order valence-corrected chi connectivity index (χ2v) is 4.49. The Morgan fingerprint density at radius 2 is 2.23 bits per heavy atom. The van der Waals surface area contributed by atoms with Crippen LogP contribution < -0.4 is 0 Å². The monoisotopic (exact) mass is 174 g/mol. The number of pyridine rings is 1. The Hall–Kier alpha value is -1.11. The SMILES string of the molecule is [2H]C1=Cc2c(C(C)(C)C)ccnc2C1. The van der Waals surface area contributed by atoms with Crippen molar-refractivity contribution in [2.75, 3.05) is 0 Å². The van der Waals surface area contributed by atoms with Gasteiger partial charge in [0.15, 0.2) is 0 Å². The number of allylic oxidation sites excluding steroid dienone is 1. The van der Waals surface area contributed by atoms with E-state index in [1.807, 2.05) is 12.3 Å². The van der Waals surface area contributed by atoms with Gasteiger partial charge in [0, 0.05) is 12.6 Å². The van der Waals surface area contributed by atoms with Gasteiger partial charge in [-0.15, -0.1) is 0 Å². The zero-order valence-corrected chi connectivity index (χ0v) is 8.39. The molecule has 0 unspecified atom stereocenters. The summed E-state index contributed by atoms with van der Waals surface area (Å²) in [6, 6.07) is 2.73. The Kier molecular flexibility index (Phi) is 1.51. The van der Waals surface area contributed by atoms with Gasteiger partial charge in [0.05, 0.1) is 7.06 Å². The van der Waals surface area contributed by atoms with Crippen molar-refractivity contribution in [1.29, 1.82) is 0 Å². The van der Waals surface area contributed by atoms with Gasteiger partial charge >= 0.3 is 0 Å². The fourth-order valence-corrected chi connectivity index (χ4v) is 1.72. The van der Waals surface area contributed by atoms with Crippen LogP contribution in [0.25, 0.3) is 6.08 Å². The van der Waals surface area contributed by atoms with Crippen LogP contribution in [0.4, 0.5) is 0 Å². The minimum Gasteiger partial charge on any atom is -0.260 e. The molecule has 0 spiro atoms. The lowest BCUT2D eigenvalue weighted by atomic mass is 9.84. The molecule has 1 aliphatic rings. The van der Waals surface area contributed by atoms with Gasteiger partial charge in [-0.1, -0.05) is 32.9 Å². The average Bonchev–Trinajstić information content (AvgIpc) is 2.41. The first kappa shape index (κ1) is 7.31. The second kappa shape index (κ2) is 2.69. The van der Waals surface area contributed by atoms with Gasteiger partial charge in [-0.25, -0.2) is 0 Å². The molecule has 0 aliphatic heterocycles. The maximum atomic E-state index is 7.64. The van der Waals surface area contributed by atoms with E-state index < -0.39 is 0 Å². The van der Waals surface area contributed by atoms with Crippen molar-refractivity contribution in [1.82, 2.24) is 4.98 Å². The number of hydrogen-bond donors (Lipinski definition) is 0. The van der Waals surface area contributed by atoms with Crippen LogP contribution in [0.2, 0.25) is 0 Å². The van der Waals surface area contributed by atoms with E-state index in [0.717, 1.165) is 5.69 Å². The minimum atomic E-state index is 0.133. The van der Waals surface area contributed by atoms with Crippen LogP contribution in [-0.2, 0) is 11.8 Å². The number of rotatable bonds is 0. The first-order chi connectivity index (χ1) is 6.48. The van der Waals surface area contributed by atoms with Crippen LogP contribution in [0.1, 0.15) is 39.0 Å². The van der Waals surface area contributed by atoms with Gasteiger partial charge in [0.1, 0.15) is 0 Å². The van der Waals surface area contributed by atoms with E-state index in [9.17, 15) is 0 Å². The highest BCUT2D eigenvalue weighted by Gasteiger charge is 2.20. The summed E-state index contributed by atoms with van der Waals surface area (Å²) in [5, 5.41) is 0. The summed E-state index contributed by atoms with van der Waals surface area (Å²) >= 11 is 0. The quantitative estimate of drug-likeness (QED) is 0.589. The fraction of sp³-hybridized carbons (Fsp3) is 0.417. The third-order valence-electron chi connectivity index (χ3n) is 2.40. The summed E-state index contributed by atoms with van der Waals surface area (Å²) in [5.41, 5.74) is 3.66. The second-order valence-electron chi connectivity index (χ2n) is 4.49. The van der Waals surface area contributed by atoms with E-state index in [0.29, 0.717) is 12.5 Å². The van der Waals surface area contributed by atoms with Gasteiger partial charge in [0.25, 0.3) is 0 Å². The molecule has 1 heteroatoms. The zero-order chi connectivity index (χ0) is 10.3. The summed E-state index contributed by atoms with van der Waals surface area (Å²) in [5.74, 6) is 0. The molecule has 0 saturated heterocycles. The molecule has 68 valence electrons. The van der Waals surface area contributed by atoms with Gasteiger partial charge in [-0.2, -0.15) is 0 Å². The molecule has 1 heterocycles. The molecule has 13 heavy (non-hydrogen) atoms. The molecule has 0 bridgehead atoms. The third-order valence-corrected chi connectivity index (χ3v) is 2.40. The van der Waals surface area contributed by atoms with Crippen LogP contribution in [0, 0.1) is 0 Å². The number of fused-ring (bicyclic) bond motifs is 1. The predicted octanol–water partition coefficient (Wildman–Crippen LogP) is 2.95. The van der Waals surface area contributed by atoms with Gasteiger partial charge in [-0.05, 0) is 22.6 Å². The molecule has 0 aromatic carbocycles. The van der Waals surface area contributed by atoms with Crippen molar-refractivity contribution < 1.29 is 1.37 Å². The van der Waals surface area contributed by atoms with Crippen molar-refractivity contribution >= 4 is 6.08 Å². The Labute approximate surface area is 80.9 Å². The molecule has 0 amide bonds. The van der Waals surface area contributed by atoms with E-state index in [1.54, 1.807) is 0 Å². The minimum absolute atomic E-state index is 0.133. The van der Waals surface area contributed by atoms with E-state index in [1.165, 1.54) is 11.1 Å². The molecule has 0 saturated carbocycles. The highest BCUT2D eigenvalue weighted by Crippen LogP contribution is 2.30. The van der Waals surface area contributed by atoms with Crippen LogP contribution in [0.3, 0.4) is 0 Å². The van der Waals surface area contributed by atoms with E-state index in [4.69, 9.17) is 1.37 Å². The highest BCUT2D eigenvalue weighted by atomic mass is 14.7. The molecule has 0 fully saturated rings. The first-order valence-electron chi connectivity index (χ1n) is 5.14. The van der Waals surface area contributed by atoms with Crippen molar-refractivity contribution in [2.24, 2.45) is 0 Å². The normalized spacial score (nSPS) is 16.5. The first-order valence-corrected chi connectivity index (χ1v) is 4.64. The highest BCUT2D eigenvalue weighted by molar-refractivity contribution is 5.62. The lowest BCUT2D eigenvalue weighted by Crippen LogP contribution is -2.13. The zero-order valence-electron chi connectivity index (χ0n) is 9.39. The molecule has 0 N–H and O–H groups in total. The smallest absolute Gasteiger partial charge is 0.0580 e. The fourth-order valence-electron chi connectivity index (χ4n) is 1.72. The lowest BCUT2D eigenvalue weighted by Gasteiger charge is -2.21. The molecular weight excluding hydrogens is 158 g/mol. The topological polar surface area (TPSA) is 12.9 Å². The summed E-state index contributed by atoms with van der Waals surface area (Å²) in [6.07, 6.45) is 4.49. The molecule has 1 aromatic rings. The summed E-state index contributed by atoms with van der Waals surface area (Å²) in [4.78, 5) is 4.31. The average molecular weight is 174 g/mol. The Morgan fingerprint density at radius 3 is 2.92 bits per heavy atom. The van der Waals surface area contributed by atoms with Crippen LogP contribution in [-0.4, -0.2) is 4.98 Å². The standard InChI is InChI=1S/C12H15N/c1-12(2,3)10-7-8-13-11-6-4-5-9(10)11/h4-5,7-8H,6H2,1-3H3/i4D. The van der Waals surface area contributed by atoms with Crippen molar-refractivity contribution in [3.8, 4) is 0 Å². The van der Waals surface area contributed by atoms with Crippen LogP contribution >= 0.6 is 0 Å². The summed E-state index contributed by atoms with van der Waals surface area (Å²) in [7, 11) is 0. The molecular formula is C12H15N. The van der Waals surface area contributed by atoms with Crippen molar-refractivity contribution in [2.45, 2.75) is 32.6 Å². The van der Waals surface area contributed by atoms with E-state index >= 15 is 0 Å². The lowest BCUT2D eigenvalue weighted by molar-refractivity contribution is 0.587. The molecule has 2 rings (SSSR count). The third kappa shape index (κ3) is 1.39. The molecule has 0 radical (unpaired) electrons. The van der Waals surface area contributed by atoms with Crippen molar-refractivity contribution in [3.63, 3.8) is 0 Å². The maximum absolute atomic E-state index is 7.64. The number of nitrogens with zero attached hydrogens (tertiary/aromatic N) is 1. The van der Waals surface area contributed by atoms with Crippen LogP contribution in [0.15, 0.2) is 18.3 Å². The maximum Gasteiger partial charge on any atom is 0.0580 e. The number of aromatic nitrogens is 1. The summed E-state index contributed by atoms with van der Waals surface area (Å²) in [6.45, 7) is 6.58. The Balaban J connectivity index is 2.59. The predicted molar refractivity (Wildman–Crippen MR) is 55.7 cm³/mol. The largest absolute Gasteiger partial charge is 0.260 e. The van der Waals surface area contributed by atoms with Gasteiger partial charge in [-0.3, -0.25) is 4.98 Å². The Bertz CT molecular complexity index is 399. The molecule has 1 aliphatic carbocycles. The van der Waals surface area contributed by atoms with E-state index in [-0.39, 0.29) is 5.41 Å². The van der Waals surface area contributed by atoms with E-state index in [2.05, 4.69) is 31.8 Å². The molecule has 0 atom stereocenters. The van der Waals surface area contributed by atoms with Gasteiger partial charge in [0.2, 0.25) is 0 Å². The van der Waals surface area contributed by atoms with Crippen LogP contribution in [0.5, 0.6) is 0 Å². The number of hydrogen-bond acceptors (Lipinski definition) is 1. The van der Waals surface area contributed by atoms with Crippen molar-refractivity contribution in [3.05, 3.63) is 35.1 Å². The Morgan fingerprint density at radius 1 is 1.46 bits per heavy atom. The molecule has 1 nitrogen and oxygen atoms in total. The summed E-state index contributed by atoms with van der Waals surface area (Å²) < 4.78 is 7.64.